The number of aromatic carboxylic acids is 1. The van der Waals surface area contributed by atoms with Gasteiger partial charge in [0.2, 0.25) is 5.76 Å². The highest BCUT2D eigenvalue weighted by Gasteiger charge is 2.15. The number of hydrogen-bond acceptors (Lipinski definition) is 5. The topological polar surface area (TPSA) is 83.6 Å². The molecule has 0 aliphatic rings. The predicted molar refractivity (Wildman–Crippen MR) is 107 cm³/mol. The molecule has 0 aliphatic heterocycles. The van der Waals surface area contributed by atoms with Crippen molar-refractivity contribution in [2.24, 2.45) is 0 Å². The van der Waals surface area contributed by atoms with Crippen molar-refractivity contribution >= 4 is 33.5 Å². The summed E-state index contributed by atoms with van der Waals surface area (Å²) >= 11 is 0. The van der Waals surface area contributed by atoms with E-state index in [1.165, 1.54) is 6.20 Å². The number of pyridine rings is 1. The van der Waals surface area contributed by atoms with Gasteiger partial charge in [-0.15, -0.1) is 0 Å². The Balaban J connectivity index is 2.17. The van der Waals surface area contributed by atoms with E-state index in [0.717, 1.165) is 50.5 Å². The second kappa shape index (κ2) is 8.20. The standard InChI is InChI=1S/C21H24N2O4/c1-3-5-9-23(10-6-4-2)14-7-8-17-15(11-14)20-16(13-22-17)18(24)12-19(27-20)21(25)26/h7-8,11-13H,3-6,9-10H2,1-2H3,(H,25,26). The lowest BCUT2D eigenvalue weighted by Crippen LogP contribution is -2.25. The SMILES string of the molecule is CCCCN(CCCC)c1ccc2ncc3c(=O)cc(C(=O)O)oc3c2c1. The quantitative estimate of drug-likeness (QED) is 0.592. The molecule has 6 heteroatoms. The fourth-order valence-electron chi connectivity index (χ4n) is 3.15. The van der Waals surface area contributed by atoms with E-state index < -0.39 is 11.4 Å². The number of carboxylic acids is 1. The largest absolute Gasteiger partial charge is 0.475 e. The molecular formula is C21H24N2O4. The molecule has 3 aromatic rings. The minimum atomic E-state index is -1.26. The van der Waals surface area contributed by atoms with Crippen molar-refractivity contribution < 1.29 is 14.3 Å². The third kappa shape index (κ3) is 3.94. The van der Waals surface area contributed by atoms with E-state index in [4.69, 9.17) is 4.42 Å². The lowest BCUT2D eigenvalue weighted by molar-refractivity contribution is 0.0663. The minimum Gasteiger partial charge on any atom is -0.475 e. The minimum absolute atomic E-state index is 0.276. The van der Waals surface area contributed by atoms with Crippen LogP contribution in [0.15, 0.2) is 39.7 Å². The molecule has 6 nitrogen and oxygen atoms in total. The molecule has 0 radical (unpaired) electrons. The number of carbonyl (C=O) groups is 1. The summed E-state index contributed by atoms with van der Waals surface area (Å²) in [5, 5.41) is 10.2. The Bertz CT molecular complexity index is 1020. The number of carboxylic acid groups (broad SMARTS) is 1. The van der Waals surface area contributed by atoms with E-state index in [-0.39, 0.29) is 11.3 Å². The van der Waals surface area contributed by atoms with Gasteiger partial charge in [-0.05, 0) is 31.0 Å². The van der Waals surface area contributed by atoms with E-state index >= 15 is 0 Å². The average molecular weight is 368 g/mol. The van der Waals surface area contributed by atoms with Crippen LogP contribution < -0.4 is 10.3 Å². The van der Waals surface area contributed by atoms with Gasteiger partial charge in [-0.25, -0.2) is 4.79 Å². The van der Waals surface area contributed by atoms with E-state index in [0.29, 0.717) is 16.3 Å². The van der Waals surface area contributed by atoms with Crippen molar-refractivity contribution in [3.63, 3.8) is 0 Å². The van der Waals surface area contributed by atoms with Crippen LogP contribution in [0.5, 0.6) is 0 Å². The number of fused-ring (bicyclic) bond motifs is 3. The van der Waals surface area contributed by atoms with E-state index in [1.54, 1.807) is 0 Å². The van der Waals surface area contributed by atoms with E-state index in [1.807, 2.05) is 18.2 Å². The lowest BCUT2D eigenvalue weighted by atomic mass is 10.1. The molecule has 1 N–H and O–H groups in total. The molecule has 1 aromatic carbocycles. The van der Waals surface area contributed by atoms with Gasteiger partial charge in [0.05, 0.1) is 10.9 Å². The number of benzene rings is 1. The number of unbranched alkanes of at least 4 members (excludes halogenated alkanes) is 2. The Labute approximate surface area is 157 Å². The number of rotatable bonds is 8. The van der Waals surface area contributed by atoms with Crippen molar-refractivity contribution in [3.8, 4) is 0 Å². The number of hydrogen-bond donors (Lipinski definition) is 1. The summed E-state index contributed by atoms with van der Waals surface area (Å²) in [7, 11) is 0. The molecule has 142 valence electrons. The Hall–Kier alpha value is -2.89. The third-order valence-corrected chi connectivity index (χ3v) is 4.68. The van der Waals surface area contributed by atoms with Gasteiger partial charge in [-0.3, -0.25) is 9.78 Å². The fraction of sp³-hybridized carbons (Fsp3) is 0.381. The van der Waals surface area contributed by atoms with Crippen LogP contribution in [0.3, 0.4) is 0 Å². The van der Waals surface area contributed by atoms with Crippen molar-refractivity contribution in [1.29, 1.82) is 0 Å². The van der Waals surface area contributed by atoms with Gasteiger partial charge in [-0.1, -0.05) is 26.7 Å². The number of anilines is 1. The van der Waals surface area contributed by atoms with Crippen LogP contribution in [0.25, 0.3) is 21.9 Å². The second-order valence-corrected chi connectivity index (χ2v) is 6.68. The molecule has 0 atom stereocenters. The van der Waals surface area contributed by atoms with Crippen molar-refractivity contribution in [2.45, 2.75) is 39.5 Å². The summed E-state index contributed by atoms with van der Waals surface area (Å²) in [5.74, 6) is -1.62. The molecule has 0 saturated carbocycles. The summed E-state index contributed by atoms with van der Waals surface area (Å²) in [5.41, 5.74) is 1.57. The van der Waals surface area contributed by atoms with Crippen LogP contribution in [-0.4, -0.2) is 29.1 Å². The van der Waals surface area contributed by atoms with Gasteiger partial charge < -0.3 is 14.4 Å². The van der Waals surface area contributed by atoms with Crippen LogP contribution in [0.4, 0.5) is 5.69 Å². The first kappa shape index (κ1) is 18.9. The van der Waals surface area contributed by atoms with Gasteiger partial charge >= 0.3 is 5.97 Å². The summed E-state index contributed by atoms with van der Waals surface area (Å²) in [4.78, 5) is 30.2. The molecule has 27 heavy (non-hydrogen) atoms. The molecular weight excluding hydrogens is 344 g/mol. The summed E-state index contributed by atoms with van der Waals surface area (Å²) in [6.45, 7) is 6.23. The fourth-order valence-corrected chi connectivity index (χ4v) is 3.15. The highest BCUT2D eigenvalue weighted by atomic mass is 16.4. The van der Waals surface area contributed by atoms with Crippen LogP contribution in [0, 0.1) is 0 Å². The molecule has 2 aromatic heterocycles. The van der Waals surface area contributed by atoms with Crippen LogP contribution >= 0.6 is 0 Å². The molecule has 0 aliphatic carbocycles. The first-order valence-corrected chi connectivity index (χ1v) is 9.40. The summed E-state index contributed by atoms with van der Waals surface area (Å²) in [6.07, 6.45) is 5.84. The molecule has 2 heterocycles. The predicted octanol–water partition coefficient (Wildman–Crippen LogP) is 4.45. The molecule has 0 unspecified atom stereocenters. The molecule has 0 spiro atoms. The first-order chi connectivity index (χ1) is 13.0. The molecule has 0 saturated heterocycles. The third-order valence-electron chi connectivity index (χ3n) is 4.68. The maximum Gasteiger partial charge on any atom is 0.371 e. The zero-order chi connectivity index (χ0) is 19.4. The van der Waals surface area contributed by atoms with Gasteiger partial charge in [-0.2, -0.15) is 0 Å². The normalized spacial score (nSPS) is 11.2. The summed E-state index contributed by atoms with van der Waals surface area (Å²) in [6, 6.07) is 6.86. The van der Waals surface area contributed by atoms with E-state index in [2.05, 4.69) is 23.7 Å². The van der Waals surface area contributed by atoms with Crippen LogP contribution in [0.2, 0.25) is 0 Å². The molecule has 0 fully saturated rings. The molecule has 0 bridgehead atoms. The zero-order valence-corrected chi connectivity index (χ0v) is 15.7. The van der Waals surface area contributed by atoms with Gasteiger partial charge in [0.25, 0.3) is 0 Å². The molecule has 0 amide bonds. The first-order valence-electron chi connectivity index (χ1n) is 9.40. The average Bonchev–Trinajstić information content (AvgIpc) is 2.67. The molecule has 3 rings (SSSR count). The Kier molecular flexibility index (Phi) is 5.74. The van der Waals surface area contributed by atoms with Crippen molar-refractivity contribution in [1.82, 2.24) is 4.98 Å². The van der Waals surface area contributed by atoms with Gasteiger partial charge in [0.15, 0.2) is 5.43 Å². The van der Waals surface area contributed by atoms with Crippen molar-refractivity contribution in [2.75, 3.05) is 18.0 Å². The van der Waals surface area contributed by atoms with Crippen LogP contribution in [0.1, 0.15) is 50.1 Å². The highest BCUT2D eigenvalue weighted by molar-refractivity contribution is 6.03. The van der Waals surface area contributed by atoms with Crippen LogP contribution in [-0.2, 0) is 0 Å². The Morgan fingerprint density at radius 2 is 1.81 bits per heavy atom. The number of aromatic nitrogens is 1. The van der Waals surface area contributed by atoms with Crippen molar-refractivity contribution in [3.05, 3.63) is 46.4 Å². The van der Waals surface area contributed by atoms with E-state index in [9.17, 15) is 14.7 Å². The second-order valence-electron chi connectivity index (χ2n) is 6.68. The maximum atomic E-state index is 12.3. The Morgan fingerprint density at radius 1 is 1.11 bits per heavy atom. The van der Waals surface area contributed by atoms with Gasteiger partial charge in [0.1, 0.15) is 5.58 Å². The Morgan fingerprint density at radius 3 is 2.44 bits per heavy atom. The zero-order valence-electron chi connectivity index (χ0n) is 15.7. The smallest absolute Gasteiger partial charge is 0.371 e. The summed E-state index contributed by atoms with van der Waals surface area (Å²) < 4.78 is 5.56. The maximum absolute atomic E-state index is 12.3. The van der Waals surface area contributed by atoms with Gasteiger partial charge in [0, 0.05) is 36.4 Å². The number of nitrogens with zero attached hydrogens (tertiary/aromatic N) is 2. The lowest BCUT2D eigenvalue weighted by Gasteiger charge is -2.25. The monoisotopic (exact) mass is 368 g/mol. The highest BCUT2D eigenvalue weighted by Crippen LogP contribution is 2.27.